The molecule has 150 valence electrons. The maximum Gasteiger partial charge on any atom is 0.319 e. The number of urea groups is 1. The number of rotatable bonds is 7. The van der Waals surface area contributed by atoms with Gasteiger partial charge in [-0.2, -0.15) is 0 Å². The number of carbonyl (C=O) groups is 1. The summed E-state index contributed by atoms with van der Waals surface area (Å²) in [5.74, 6) is 0.603. The SMILES string of the molecule is CCOc1ccc(NC(=O)NCCN2CCN(c3ccccc3F)CC2)cc1. The molecule has 1 aliphatic heterocycles. The molecule has 2 amide bonds. The van der Waals surface area contributed by atoms with Gasteiger partial charge < -0.3 is 20.3 Å². The number of piperazine rings is 1. The van der Waals surface area contributed by atoms with E-state index in [2.05, 4.69) is 20.4 Å². The van der Waals surface area contributed by atoms with E-state index in [-0.39, 0.29) is 11.8 Å². The Hall–Kier alpha value is -2.80. The third-order valence-corrected chi connectivity index (χ3v) is 4.70. The summed E-state index contributed by atoms with van der Waals surface area (Å²) in [5.41, 5.74) is 1.38. The number of halogens is 1. The molecule has 0 spiro atoms. The second-order valence-corrected chi connectivity index (χ2v) is 6.62. The molecule has 6 nitrogen and oxygen atoms in total. The molecule has 0 aliphatic carbocycles. The molecule has 0 saturated carbocycles. The maximum atomic E-state index is 13.9. The van der Waals surface area contributed by atoms with Crippen LogP contribution < -0.4 is 20.3 Å². The molecule has 0 atom stereocenters. The predicted molar refractivity (Wildman–Crippen MR) is 110 cm³/mol. The van der Waals surface area contributed by atoms with Gasteiger partial charge in [-0.15, -0.1) is 0 Å². The number of hydrogen-bond acceptors (Lipinski definition) is 4. The van der Waals surface area contributed by atoms with Crippen molar-refractivity contribution in [2.45, 2.75) is 6.92 Å². The van der Waals surface area contributed by atoms with Crippen molar-refractivity contribution in [1.29, 1.82) is 0 Å². The van der Waals surface area contributed by atoms with Crippen molar-refractivity contribution in [3.05, 3.63) is 54.3 Å². The maximum absolute atomic E-state index is 13.9. The summed E-state index contributed by atoms with van der Waals surface area (Å²) in [6.45, 7) is 7.11. The fraction of sp³-hybridized carbons (Fsp3) is 0.381. The topological polar surface area (TPSA) is 56.8 Å². The van der Waals surface area contributed by atoms with Crippen molar-refractivity contribution < 1.29 is 13.9 Å². The molecule has 1 fully saturated rings. The second kappa shape index (κ2) is 9.94. The number of anilines is 2. The van der Waals surface area contributed by atoms with E-state index in [0.717, 1.165) is 44.2 Å². The van der Waals surface area contributed by atoms with Gasteiger partial charge in [0.1, 0.15) is 11.6 Å². The molecule has 0 aromatic heterocycles. The van der Waals surface area contributed by atoms with Crippen LogP contribution in [0.5, 0.6) is 5.75 Å². The highest BCUT2D eigenvalue weighted by molar-refractivity contribution is 5.89. The van der Waals surface area contributed by atoms with Crippen LogP contribution in [0.15, 0.2) is 48.5 Å². The molecule has 2 N–H and O–H groups in total. The molecule has 28 heavy (non-hydrogen) atoms. The van der Waals surface area contributed by atoms with E-state index in [1.165, 1.54) is 6.07 Å². The number of amides is 2. The van der Waals surface area contributed by atoms with Gasteiger partial charge in [-0.25, -0.2) is 9.18 Å². The van der Waals surface area contributed by atoms with Crippen LogP contribution in [0.3, 0.4) is 0 Å². The summed E-state index contributed by atoms with van der Waals surface area (Å²) in [6, 6.07) is 13.9. The van der Waals surface area contributed by atoms with Gasteiger partial charge in [0.15, 0.2) is 0 Å². The Balaban J connectivity index is 1.35. The number of nitrogens with one attached hydrogen (secondary N) is 2. The molecule has 0 radical (unpaired) electrons. The van der Waals surface area contributed by atoms with E-state index in [1.807, 2.05) is 43.3 Å². The zero-order valence-electron chi connectivity index (χ0n) is 16.2. The number of carbonyl (C=O) groups excluding carboxylic acids is 1. The van der Waals surface area contributed by atoms with E-state index in [9.17, 15) is 9.18 Å². The van der Waals surface area contributed by atoms with Gasteiger partial charge in [0, 0.05) is 45.0 Å². The molecule has 0 bridgehead atoms. The van der Waals surface area contributed by atoms with Crippen molar-refractivity contribution in [3.63, 3.8) is 0 Å². The van der Waals surface area contributed by atoms with E-state index >= 15 is 0 Å². The van der Waals surface area contributed by atoms with Gasteiger partial charge in [-0.05, 0) is 43.3 Å². The van der Waals surface area contributed by atoms with Crippen LogP contribution in [0.25, 0.3) is 0 Å². The van der Waals surface area contributed by atoms with Crippen LogP contribution in [0, 0.1) is 5.82 Å². The lowest BCUT2D eigenvalue weighted by molar-refractivity contribution is 0.240. The second-order valence-electron chi connectivity index (χ2n) is 6.62. The first-order valence-electron chi connectivity index (χ1n) is 9.65. The first kappa shape index (κ1) is 19.9. The molecule has 7 heteroatoms. The molecule has 1 saturated heterocycles. The number of benzene rings is 2. The standard InChI is InChI=1S/C21H27FN4O2/c1-2-28-18-9-7-17(8-10-18)24-21(27)23-11-12-25-13-15-26(16-14-25)20-6-4-3-5-19(20)22/h3-10H,2,11-16H2,1H3,(H2,23,24,27). The molecule has 3 rings (SSSR count). The highest BCUT2D eigenvalue weighted by Gasteiger charge is 2.18. The summed E-state index contributed by atoms with van der Waals surface area (Å²) in [5, 5.41) is 5.68. The molecule has 2 aromatic rings. The van der Waals surface area contributed by atoms with Crippen molar-refractivity contribution in [2.24, 2.45) is 0 Å². The molecular weight excluding hydrogens is 359 g/mol. The first-order valence-corrected chi connectivity index (χ1v) is 9.65. The van der Waals surface area contributed by atoms with Gasteiger partial charge >= 0.3 is 6.03 Å². The van der Waals surface area contributed by atoms with Crippen molar-refractivity contribution in [3.8, 4) is 5.75 Å². The Labute approximate surface area is 165 Å². The lowest BCUT2D eigenvalue weighted by Crippen LogP contribution is -2.49. The van der Waals surface area contributed by atoms with Gasteiger partial charge in [0.25, 0.3) is 0 Å². The third-order valence-electron chi connectivity index (χ3n) is 4.70. The van der Waals surface area contributed by atoms with E-state index in [0.29, 0.717) is 18.8 Å². The summed E-state index contributed by atoms with van der Waals surface area (Å²) in [7, 11) is 0. The minimum atomic E-state index is -0.228. The number of hydrogen-bond donors (Lipinski definition) is 2. The van der Waals surface area contributed by atoms with Crippen LogP contribution in [0.2, 0.25) is 0 Å². The third kappa shape index (κ3) is 5.60. The number of para-hydroxylation sites is 1. The normalized spacial score (nSPS) is 14.6. The Morgan fingerprint density at radius 3 is 2.46 bits per heavy atom. The summed E-state index contributed by atoms with van der Waals surface area (Å²) in [6.07, 6.45) is 0. The lowest BCUT2D eigenvalue weighted by atomic mass is 10.2. The average molecular weight is 386 g/mol. The number of nitrogens with zero attached hydrogens (tertiary/aromatic N) is 2. The first-order chi connectivity index (χ1) is 13.7. The van der Waals surface area contributed by atoms with Gasteiger partial charge in [0.2, 0.25) is 0 Å². The fourth-order valence-electron chi connectivity index (χ4n) is 3.22. The fourth-order valence-corrected chi connectivity index (χ4v) is 3.22. The van der Waals surface area contributed by atoms with Crippen molar-refractivity contribution in [2.75, 3.05) is 56.1 Å². The minimum Gasteiger partial charge on any atom is -0.494 e. The quantitative estimate of drug-likeness (QED) is 0.768. The molecule has 1 aliphatic rings. The van der Waals surface area contributed by atoms with Crippen molar-refractivity contribution >= 4 is 17.4 Å². The Bertz CT molecular complexity index is 761. The van der Waals surface area contributed by atoms with Gasteiger partial charge in [-0.3, -0.25) is 4.90 Å². The van der Waals surface area contributed by atoms with E-state index in [4.69, 9.17) is 4.74 Å². The van der Waals surface area contributed by atoms with Crippen LogP contribution in [0.4, 0.5) is 20.6 Å². The monoisotopic (exact) mass is 386 g/mol. The van der Waals surface area contributed by atoms with Gasteiger partial charge in [-0.1, -0.05) is 12.1 Å². The smallest absolute Gasteiger partial charge is 0.319 e. The molecular formula is C21H27FN4O2. The minimum absolute atomic E-state index is 0.177. The van der Waals surface area contributed by atoms with E-state index in [1.54, 1.807) is 6.07 Å². The van der Waals surface area contributed by atoms with Crippen LogP contribution in [-0.2, 0) is 0 Å². The molecule has 0 unspecified atom stereocenters. The highest BCUT2D eigenvalue weighted by atomic mass is 19.1. The van der Waals surface area contributed by atoms with Crippen LogP contribution in [-0.4, -0.2) is 56.8 Å². The molecule has 2 aromatic carbocycles. The lowest BCUT2D eigenvalue weighted by Gasteiger charge is -2.36. The van der Waals surface area contributed by atoms with Crippen LogP contribution >= 0.6 is 0 Å². The average Bonchev–Trinajstić information content (AvgIpc) is 2.71. The van der Waals surface area contributed by atoms with Crippen LogP contribution in [0.1, 0.15) is 6.92 Å². The molecule has 1 heterocycles. The largest absolute Gasteiger partial charge is 0.494 e. The zero-order chi connectivity index (χ0) is 19.8. The Morgan fingerprint density at radius 1 is 1.07 bits per heavy atom. The summed E-state index contributed by atoms with van der Waals surface area (Å²) < 4.78 is 19.3. The summed E-state index contributed by atoms with van der Waals surface area (Å²) >= 11 is 0. The predicted octanol–water partition coefficient (Wildman–Crippen LogP) is 3.17. The van der Waals surface area contributed by atoms with Crippen molar-refractivity contribution in [1.82, 2.24) is 10.2 Å². The van der Waals surface area contributed by atoms with E-state index < -0.39 is 0 Å². The Kier molecular flexibility index (Phi) is 7.08. The van der Waals surface area contributed by atoms with Gasteiger partial charge in [0.05, 0.1) is 12.3 Å². The highest BCUT2D eigenvalue weighted by Crippen LogP contribution is 2.20. The summed E-state index contributed by atoms with van der Waals surface area (Å²) in [4.78, 5) is 16.4. The Morgan fingerprint density at radius 2 is 1.79 bits per heavy atom. The zero-order valence-corrected chi connectivity index (χ0v) is 16.2. The number of ether oxygens (including phenoxy) is 1.